The summed E-state index contributed by atoms with van der Waals surface area (Å²) in [5.74, 6) is -0.897. The molecule has 1 aromatic heterocycles. The molecule has 0 spiro atoms. The fourth-order valence-corrected chi connectivity index (χ4v) is 4.13. The van der Waals surface area contributed by atoms with Crippen molar-refractivity contribution >= 4 is 34.4 Å². The number of alkyl halides is 3. The molecule has 0 aliphatic carbocycles. The van der Waals surface area contributed by atoms with Crippen molar-refractivity contribution in [2.24, 2.45) is 0 Å². The molecule has 3 rings (SSSR count). The van der Waals surface area contributed by atoms with Crippen LogP contribution in [0.4, 0.5) is 29.5 Å². The van der Waals surface area contributed by atoms with Crippen LogP contribution in [-0.2, 0) is 11.0 Å². The number of nitrogens with zero attached hydrogens (tertiary/aromatic N) is 4. The Labute approximate surface area is 175 Å². The van der Waals surface area contributed by atoms with Gasteiger partial charge < -0.3 is 4.90 Å². The Balaban J connectivity index is 2.07. The molecule has 0 bridgehead atoms. The third-order valence-electron chi connectivity index (χ3n) is 4.65. The molecule has 2 heterocycles. The number of halogens is 3. The summed E-state index contributed by atoms with van der Waals surface area (Å²) in [6.45, 7) is 3.20. The Morgan fingerprint density at radius 3 is 2.63 bits per heavy atom. The summed E-state index contributed by atoms with van der Waals surface area (Å²) in [5, 5.41) is 8.78. The molecular weight excluding hydrogens is 417 g/mol. The fraction of sp³-hybridized carbons (Fsp3) is 0.300. The third-order valence-corrected chi connectivity index (χ3v) is 5.58. The highest BCUT2D eigenvalue weighted by atomic mass is 32.2. The number of anilines is 2. The molecule has 30 heavy (non-hydrogen) atoms. The Hall–Kier alpha value is -3.06. The summed E-state index contributed by atoms with van der Waals surface area (Å²) in [6, 6.07) is 8.30. The molecule has 1 atom stereocenters. The van der Waals surface area contributed by atoms with E-state index in [1.165, 1.54) is 24.9 Å². The zero-order valence-corrected chi connectivity index (χ0v) is 17.1. The monoisotopic (exact) mass is 434 g/mol. The molecule has 2 aromatic rings. The van der Waals surface area contributed by atoms with Crippen molar-refractivity contribution in [2.45, 2.75) is 26.1 Å². The van der Waals surface area contributed by atoms with Gasteiger partial charge in [-0.1, -0.05) is 23.9 Å². The van der Waals surface area contributed by atoms with Crippen molar-refractivity contribution in [3.8, 4) is 6.07 Å². The maximum Gasteiger partial charge on any atom is 0.417 e. The smallest absolute Gasteiger partial charge is 0.314 e. The first-order chi connectivity index (χ1) is 14.0. The lowest BCUT2D eigenvalue weighted by Crippen LogP contribution is -2.47. The molecule has 0 radical (unpaired) electrons. The number of rotatable bonds is 3. The standard InChI is InChI=1S/C20H17F3N4O2S/c1-11-5-4-6-13(7-11)26(3)18(28)16-10-30-19(29)27(16)17-14(9-24)15(20(21,22)23)8-12(2)25-17/h4-8,16H,10H2,1-3H3/t16-/m1/s1. The van der Waals surface area contributed by atoms with Gasteiger partial charge in [0, 0.05) is 24.2 Å². The van der Waals surface area contributed by atoms with Crippen LogP contribution in [0, 0.1) is 25.2 Å². The highest BCUT2D eigenvalue weighted by molar-refractivity contribution is 8.14. The van der Waals surface area contributed by atoms with E-state index in [9.17, 15) is 28.0 Å². The van der Waals surface area contributed by atoms with E-state index in [-0.39, 0.29) is 11.4 Å². The van der Waals surface area contributed by atoms with Crippen LogP contribution in [0.5, 0.6) is 0 Å². The molecule has 0 unspecified atom stereocenters. The van der Waals surface area contributed by atoms with E-state index >= 15 is 0 Å². The molecule has 156 valence electrons. The first-order valence-corrected chi connectivity index (χ1v) is 9.82. The van der Waals surface area contributed by atoms with Gasteiger partial charge in [-0.2, -0.15) is 18.4 Å². The Morgan fingerprint density at radius 2 is 2.03 bits per heavy atom. The maximum atomic E-state index is 13.5. The SMILES string of the molecule is Cc1cccc(N(C)C(=O)[C@H]2CSC(=O)N2c2nc(C)cc(C(F)(F)F)c2C#N)c1. The summed E-state index contributed by atoms with van der Waals surface area (Å²) in [6.07, 6.45) is -4.80. The van der Waals surface area contributed by atoms with E-state index in [4.69, 9.17) is 0 Å². The number of likely N-dealkylation sites (N-methyl/N-ethyl adjacent to an activating group) is 1. The van der Waals surface area contributed by atoms with Crippen molar-refractivity contribution < 1.29 is 22.8 Å². The quantitative estimate of drug-likeness (QED) is 0.720. The van der Waals surface area contributed by atoms with Crippen LogP contribution in [0.25, 0.3) is 0 Å². The summed E-state index contributed by atoms with van der Waals surface area (Å²) in [4.78, 5) is 31.9. The fourth-order valence-electron chi connectivity index (χ4n) is 3.19. The second-order valence-corrected chi connectivity index (χ2v) is 7.79. The normalized spacial score (nSPS) is 16.5. The average molecular weight is 434 g/mol. The predicted octanol–water partition coefficient (Wildman–Crippen LogP) is 4.29. The first-order valence-electron chi connectivity index (χ1n) is 8.83. The van der Waals surface area contributed by atoms with Crippen LogP contribution in [0.3, 0.4) is 0 Å². The lowest BCUT2D eigenvalue weighted by molar-refractivity contribution is -0.137. The van der Waals surface area contributed by atoms with Crippen molar-refractivity contribution in [1.29, 1.82) is 5.26 Å². The van der Waals surface area contributed by atoms with Crippen LogP contribution in [0.1, 0.15) is 22.4 Å². The summed E-state index contributed by atoms with van der Waals surface area (Å²) in [7, 11) is 1.53. The van der Waals surface area contributed by atoms with Gasteiger partial charge in [-0.15, -0.1) is 0 Å². The molecular formula is C20H17F3N4O2S. The zero-order valence-electron chi connectivity index (χ0n) is 16.3. The lowest BCUT2D eigenvalue weighted by Gasteiger charge is -2.28. The van der Waals surface area contributed by atoms with Crippen LogP contribution >= 0.6 is 11.8 Å². The van der Waals surface area contributed by atoms with Gasteiger partial charge in [0.15, 0.2) is 5.82 Å². The van der Waals surface area contributed by atoms with E-state index < -0.39 is 40.3 Å². The summed E-state index contributed by atoms with van der Waals surface area (Å²) >= 11 is 0.800. The van der Waals surface area contributed by atoms with Crippen molar-refractivity contribution in [2.75, 3.05) is 22.6 Å². The number of amides is 2. The Kier molecular flexibility index (Phi) is 5.76. The van der Waals surface area contributed by atoms with E-state index in [2.05, 4.69) is 4.98 Å². The lowest BCUT2D eigenvalue weighted by atomic mass is 10.1. The number of hydrogen-bond acceptors (Lipinski definition) is 5. The number of pyridine rings is 1. The molecule has 2 amide bonds. The number of carbonyl (C=O) groups is 2. The molecule has 1 fully saturated rings. The van der Waals surface area contributed by atoms with E-state index in [1.54, 1.807) is 18.2 Å². The number of hydrogen-bond donors (Lipinski definition) is 0. The molecule has 6 nitrogen and oxygen atoms in total. The van der Waals surface area contributed by atoms with Crippen LogP contribution in [-0.4, -0.2) is 35.0 Å². The molecule has 1 saturated heterocycles. The number of carbonyl (C=O) groups excluding carboxylic acids is 2. The van der Waals surface area contributed by atoms with Gasteiger partial charge in [0.25, 0.3) is 11.1 Å². The van der Waals surface area contributed by atoms with E-state index in [1.807, 2.05) is 13.0 Å². The Morgan fingerprint density at radius 1 is 1.33 bits per heavy atom. The van der Waals surface area contributed by atoms with Gasteiger partial charge in [-0.05, 0) is 37.6 Å². The second kappa shape index (κ2) is 7.99. The van der Waals surface area contributed by atoms with Gasteiger partial charge in [0.1, 0.15) is 17.7 Å². The van der Waals surface area contributed by atoms with Crippen LogP contribution in [0.15, 0.2) is 30.3 Å². The molecule has 0 N–H and O–H groups in total. The van der Waals surface area contributed by atoms with Gasteiger partial charge in [-0.25, -0.2) is 4.98 Å². The summed E-state index contributed by atoms with van der Waals surface area (Å²) < 4.78 is 40.4. The van der Waals surface area contributed by atoms with Crippen molar-refractivity contribution in [1.82, 2.24) is 4.98 Å². The largest absolute Gasteiger partial charge is 0.417 e. The minimum atomic E-state index is -4.80. The zero-order chi connectivity index (χ0) is 22.2. The molecule has 0 saturated carbocycles. The van der Waals surface area contributed by atoms with Gasteiger partial charge in [0.2, 0.25) is 0 Å². The number of aromatic nitrogens is 1. The Bertz CT molecular complexity index is 1060. The number of nitriles is 1. The van der Waals surface area contributed by atoms with Gasteiger partial charge in [0.05, 0.1) is 5.56 Å². The van der Waals surface area contributed by atoms with Crippen molar-refractivity contribution in [3.05, 3.63) is 52.7 Å². The van der Waals surface area contributed by atoms with Crippen LogP contribution in [0.2, 0.25) is 0 Å². The summed E-state index contributed by atoms with van der Waals surface area (Å²) in [5.41, 5.74) is -0.476. The highest BCUT2D eigenvalue weighted by Gasteiger charge is 2.44. The average Bonchev–Trinajstić information content (AvgIpc) is 3.06. The van der Waals surface area contributed by atoms with E-state index in [0.29, 0.717) is 5.69 Å². The molecule has 1 aromatic carbocycles. The number of benzene rings is 1. The minimum absolute atomic E-state index is 0.0146. The number of aryl methyl sites for hydroxylation is 2. The molecule has 10 heteroatoms. The van der Waals surface area contributed by atoms with Gasteiger partial charge in [-0.3, -0.25) is 14.5 Å². The molecule has 1 aliphatic heterocycles. The van der Waals surface area contributed by atoms with Crippen LogP contribution < -0.4 is 9.80 Å². The number of thioether (sulfide) groups is 1. The topological polar surface area (TPSA) is 77.3 Å². The predicted molar refractivity (Wildman–Crippen MR) is 107 cm³/mol. The van der Waals surface area contributed by atoms with Crippen molar-refractivity contribution in [3.63, 3.8) is 0 Å². The first kappa shape index (κ1) is 21.6. The maximum absolute atomic E-state index is 13.5. The van der Waals surface area contributed by atoms with Gasteiger partial charge >= 0.3 is 6.18 Å². The van der Waals surface area contributed by atoms with E-state index in [0.717, 1.165) is 28.3 Å². The molecule has 1 aliphatic rings. The second-order valence-electron chi connectivity index (χ2n) is 6.82. The highest BCUT2D eigenvalue weighted by Crippen LogP contribution is 2.39. The minimum Gasteiger partial charge on any atom is -0.314 e. The third kappa shape index (κ3) is 3.98.